The van der Waals surface area contributed by atoms with Gasteiger partial charge in [0.2, 0.25) is 0 Å². The van der Waals surface area contributed by atoms with Crippen LogP contribution in [0.25, 0.3) is 11.1 Å². The predicted molar refractivity (Wildman–Crippen MR) is 50.2 cm³/mol. The molecule has 13 heavy (non-hydrogen) atoms. The minimum absolute atomic E-state index is 0.271. The van der Waals surface area contributed by atoms with Crippen LogP contribution in [0.2, 0.25) is 0 Å². The summed E-state index contributed by atoms with van der Waals surface area (Å²) in [6.07, 6.45) is 4.56. The molecule has 1 aromatic heterocycles. The number of benzene rings is 1. The first-order valence-electron chi connectivity index (χ1n) is 3.98. The van der Waals surface area contributed by atoms with Crippen molar-refractivity contribution in [2.45, 2.75) is 0 Å². The maximum absolute atomic E-state index is 9.08. The lowest BCUT2D eigenvalue weighted by Gasteiger charge is -1.98. The van der Waals surface area contributed by atoms with Gasteiger partial charge in [0.05, 0.1) is 6.20 Å². The number of phenolic OH excluding ortho intramolecular Hbond substituents is 1. The molecule has 0 aliphatic rings. The number of hydrogen-bond acceptors (Lipinski definition) is 2. The molecule has 1 radical (unpaired) electrons. The standard InChI is InChI=1S/C11H8NO/c13-11-5-3-9(4-6-11)10-2-1-7-12-8-10/h1-7,13H. The second-order valence-electron chi connectivity index (χ2n) is 2.71. The molecule has 63 valence electrons. The van der Waals surface area contributed by atoms with E-state index in [9.17, 15) is 0 Å². The van der Waals surface area contributed by atoms with Crippen molar-refractivity contribution in [2.24, 2.45) is 0 Å². The Morgan fingerprint density at radius 1 is 1.08 bits per heavy atom. The smallest absolute Gasteiger partial charge is 0.115 e. The summed E-state index contributed by atoms with van der Waals surface area (Å²) in [4.78, 5) is 3.90. The summed E-state index contributed by atoms with van der Waals surface area (Å²) in [5.41, 5.74) is 1.94. The lowest BCUT2D eigenvalue weighted by molar-refractivity contribution is 0.475. The van der Waals surface area contributed by atoms with Gasteiger partial charge in [0.15, 0.2) is 0 Å². The third-order valence-electron chi connectivity index (χ3n) is 1.79. The number of aromatic hydroxyl groups is 1. The zero-order valence-electron chi connectivity index (χ0n) is 6.94. The molecule has 2 rings (SSSR count). The molecule has 0 saturated carbocycles. The van der Waals surface area contributed by atoms with E-state index in [0.717, 1.165) is 11.1 Å². The number of rotatable bonds is 1. The van der Waals surface area contributed by atoms with Crippen molar-refractivity contribution in [2.75, 3.05) is 0 Å². The number of aromatic nitrogens is 1. The van der Waals surface area contributed by atoms with E-state index in [0.29, 0.717) is 0 Å². The van der Waals surface area contributed by atoms with Crippen molar-refractivity contribution in [1.29, 1.82) is 0 Å². The molecule has 0 atom stereocenters. The van der Waals surface area contributed by atoms with Crippen LogP contribution in [0.4, 0.5) is 0 Å². The summed E-state index contributed by atoms with van der Waals surface area (Å²) in [6, 6.07) is 10.8. The van der Waals surface area contributed by atoms with Gasteiger partial charge in [-0.25, -0.2) is 0 Å². The van der Waals surface area contributed by atoms with E-state index in [1.165, 1.54) is 0 Å². The third kappa shape index (κ3) is 1.67. The van der Waals surface area contributed by atoms with Gasteiger partial charge in [-0.1, -0.05) is 18.2 Å². The summed E-state index contributed by atoms with van der Waals surface area (Å²) in [6.45, 7) is 0. The molecule has 2 nitrogen and oxygen atoms in total. The summed E-state index contributed by atoms with van der Waals surface area (Å²) in [5.74, 6) is 0.271. The van der Waals surface area contributed by atoms with Crippen LogP contribution >= 0.6 is 0 Å². The summed E-state index contributed by atoms with van der Waals surface area (Å²) in [5, 5.41) is 9.08. The van der Waals surface area contributed by atoms with Crippen molar-refractivity contribution in [1.82, 2.24) is 4.98 Å². The fraction of sp³-hybridized carbons (Fsp3) is 0. The van der Waals surface area contributed by atoms with Crippen LogP contribution in [0.5, 0.6) is 5.75 Å². The second-order valence-corrected chi connectivity index (χ2v) is 2.71. The molecule has 0 unspecified atom stereocenters. The Morgan fingerprint density at radius 3 is 2.46 bits per heavy atom. The number of pyridine rings is 1. The van der Waals surface area contributed by atoms with E-state index in [1.807, 2.05) is 24.3 Å². The molecule has 0 spiro atoms. The van der Waals surface area contributed by atoms with Gasteiger partial charge < -0.3 is 5.11 Å². The molecule has 1 N–H and O–H groups in total. The largest absolute Gasteiger partial charge is 0.508 e. The SMILES string of the molecule is Oc1ccc(-c2[c]nccc2)cc1. The normalized spacial score (nSPS) is 9.85. The van der Waals surface area contributed by atoms with Gasteiger partial charge in [-0.15, -0.1) is 0 Å². The molecule has 1 aromatic carbocycles. The number of nitrogens with zero attached hydrogens (tertiary/aromatic N) is 1. The van der Waals surface area contributed by atoms with Crippen molar-refractivity contribution in [3.05, 3.63) is 48.8 Å². The third-order valence-corrected chi connectivity index (χ3v) is 1.79. The second kappa shape index (κ2) is 3.27. The van der Waals surface area contributed by atoms with E-state index in [2.05, 4.69) is 11.2 Å². The van der Waals surface area contributed by atoms with E-state index in [-0.39, 0.29) is 5.75 Å². The minimum Gasteiger partial charge on any atom is -0.508 e. The highest BCUT2D eigenvalue weighted by atomic mass is 16.3. The Kier molecular flexibility index (Phi) is 1.96. The zero-order valence-corrected chi connectivity index (χ0v) is 6.94. The quantitative estimate of drug-likeness (QED) is 0.712. The molecule has 2 heteroatoms. The van der Waals surface area contributed by atoms with Gasteiger partial charge in [0, 0.05) is 11.8 Å². The first kappa shape index (κ1) is 7.80. The lowest BCUT2D eigenvalue weighted by Crippen LogP contribution is -1.78. The minimum atomic E-state index is 0.271. The van der Waals surface area contributed by atoms with Gasteiger partial charge in [0.25, 0.3) is 0 Å². The van der Waals surface area contributed by atoms with Crippen LogP contribution in [-0.2, 0) is 0 Å². The van der Waals surface area contributed by atoms with Gasteiger partial charge in [0.1, 0.15) is 5.75 Å². The molecule has 0 aliphatic heterocycles. The first-order chi connectivity index (χ1) is 6.36. The Hall–Kier alpha value is -1.83. The Morgan fingerprint density at radius 2 is 1.85 bits per heavy atom. The molecule has 0 bridgehead atoms. The fourth-order valence-electron chi connectivity index (χ4n) is 1.13. The zero-order chi connectivity index (χ0) is 9.10. The number of phenols is 1. The van der Waals surface area contributed by atoms with Gasteiger partial charge in [-0.05, 0) is 23.8 Å². The fourth-order valence-corrected chi connectivity index (χ4v) is 1.13. The van der Waals surface area contributed by atoms with E-state index < -0.39 is 0 Å². The molecular weight excluding hydrogens is 162 g/mol. The highest BCUT2D eigenvalue weighted by Crippen LogP contribution is 2.19. The van der Waals surface area contributed by atoms with Crippen molar-refractivity contribution < 1.29 is 5.11 Å². The predicted octanol–water partition coefficient (Wildman–Crippen LogP) is 2.25. The Balaban J connectivity index is 2.42. The van der Waals surface area contributed by atoms with Crippen LogP contribution in [0, 0.1) is 6.20 Å². The van der Waals surface area contributed by atoms with Crippen LogP contribution in [0.15, 0.2) is 42.6 Å². The van der Waals surface area contributed by atoms with Gasteiger partial charge in [-0.3, -0.25) is 4.98 Å². The van der Waals surface area contributed by atoms with Crippen LogP contribution in [0.1, 0.15) is 0 Å². The van der Waals surface area contributed by atoms with Gasteiger partial charge >= 0.3 is 0 Å². The highest BCUT2D eigenvalue weighted by molar-refractivity contribution is 5.62. The maximum Gasteiger partial charge on any atom is 0.115 e. The van der Waals surface area contributed by atoms with Crippen LogP contribution < -0.4 is 0 Å². The van der Waals surface area contributed by atoms with Crippen LogP contribution in [0.3, 0.4) is 0 Å². The molecule has 0 amide bonds. The highest BCUT2D eigenvalue weighted by Gasteiger charge is 1.96. The average molecular weight is 170 g/mol. The topological polar surface area (TPSA) is 33.1 Å². The molecule has 0 aliphatic carbocycles. The Labute approximate surface area is 76.5 Å². The molecule has 0 fully saturated rings. The van der Waals surface area contributed by atoms with Crippen molar-refractivity contribution in [3.8, 4) is 16.9 Å². The first-order valence-corrected chi connectivity index (χ1v) is 3.98. The van der Waals surface area contributed by atoms with Crippen LogP contribution in [-0.4, -0.2) is 10.1 Å². The van der Waals surface area contributed by atoms with E-state index in [1.54, 1.807) is 18.3 Å². The summed E-state index contributed by atoms with van der Waals surface area (Å²) >= 11 is 0. The van der Waals surface area contributed by atoms with E-state index in [4.69, 9.17) is 5.11 Å². The lowest BCUT2D eigenvalue weighted by atomic mass is 10.1. The summed E-state index contributed by atoms with van der Waals surface area (Å²) in [7, 11) is 0. The summed E-state index contributed by atoms with van der Waals surface area (Å²) < 4.78 is 0. The molecular formula is C11H8NO. The van der Waals surface area contributed by atoms with Crippen molar-refractivity contribution in [3.63, 3.8) is 0 Å². The van der Waals surface area contributed by atoms with Gasteiger partial charge in [-0.2, -0.15) is 0 Å². The maximum atomic E-state index is 9.08. The average Bonchev–Trinajstić information content (AvgIpc) is 2.20. The van der Waals surface area contributed by atoms with E-state index >= 15 is 0 Å². The molecule has 0 saturated heterocycles. The Bertz CT molecular complexity index is 381. The number of hydrogen-bond donors (Lipinski definition) is 1. The van der Waals surface area contributed by atoms with Crippen molar-refractivity contribution >= 4 is 0 Å². The molecule has 2 aromatic rings. The monoisotopic (exact) mass is 170 g/mol. The molecule has 1 heterocycles.